The molecule has 0 amide bonds. The van der Waals surface area contributed by atoms with E-state index in [1.165, 1.54) is 0 Å². The predicted molar refractivity (Wildman–Crippen MR) is 102 cm³/mol. The topological polar surface area (TPSA) is 76.9 Å². The predicted octanol–water partition coefficient (Wildman–Crippen LogP) is 1.56. The van der Waals surface area contributed by atoms with Gasteiger partial charge in [-0.15, -0.1) is 24.0 Å². The first-order valence-corrected chi connectivity index (χ1v) is 7.50. The third kappa shape index (κ3) is 7.95. The molecule has 0 saturated carbocycles. The number of aliphatic hydroxyl groups is 2. The van der Waals surface area contributed by atoms with Crippen LogP contribution in [0.1, 0.15) is 25.3 Å². The summed E-state index contributed by atoms with van der Waals surface area (Å²) in [5, 5.41) is 25.0. The average Bonchev–Trinajstić information content (AvgIpc) is 2.53. The smallest absolute Gasteiger partial charge is 0.191 e. The lowest BCUT2D eigenvalue weighted by atomic mass is 10.0. The molecule has 0 spiro atoms. The first-order valence-electron chi connectivity index (χ1n) is 7.50. The summed E-state index contributed by atoms with van der Waals surface area (Å²) < 4.78 is 0. The Morgan fingerprint density at radius 1 is 1.14 bits per heavy atom. The van der Waals surface area contributed by atoms with Crippen molar-refractivity contribution in [2.45, 2.75) is 19.8 Å². The number of aliphatic imine (C=N–C) groups is 1. The van der Waals surface area contributed by atoms with Crippen molar-refractivity contribution in [2.75, 3.05) is 32.8 Å². The fourth-order valence-corrected chi connectivity index (χ4v) is 1.88. The number of guanidine groups is 1. The number of hydrogen-bond acceptors (Lipinski definition) is 3. The average molecular weight is 421 g/mol. The Hall–Kier alpha value is -0.860. The molecular weight excluding hydrogens is 393 g/mol. The van der Waals surface area contributed by atoms with E-state index in [2.05, 4.69) is 15.6 Å². The van der Waals surface area contributed by atoms with Crippen LogP contribution in [0.25, 0.3) is 0 Å². The van der Waals surface area contributed by atoms with Crippen molar-refractivity contribution in [1.29, 1.82) is 0 Å². The molecule has 2 atom stereocenters. The Morgan fingerprint density at radius 3 is 2.36 bits per heavy atom. The first-order chi connectivity index (χ1) is 10.2. The molecule has 6 heteroatoms. The van der Waals surface area contributed by atoms with Crippen molar-refractivity contribution in [1.82, 2.24) is 10.6 Å². The molecule has 0 aliphatic heterocycles. The normalized spacial score (nSPS) is 13.9. The number of hydrogen-bond donors (Lipinski definition) is 4. The number of rotatable bonds is 8. The zero-order valence-corrected chi connectivity index (χ0v) is 15.7. The number of benzene rings is 1. The minimum atomic E-state index is 0. The minimum Gasteiger partial charge on any atom is -0.396 e. The van der Waals surface area contributed by atoms with Crippen molar-refractivity contribution in [2.24, 2.45) is 10.9 Å². The van der Waals surface area contributed by atoms with Gasteiger partial charge in [0.25, 0.3) is 0 Å². The second-order valence-electron chi connectivity index (χ2n) is 5.18. The highest BCUT2D eigenvalue weighted by atomic mass is 127. The number of nitrogens with zero attached hydrogens (tertiary/aromatic N) is 1. The van der Waals surface area contributed by atoms with Gasteiger partial charge in [0, 0.05) is 32.2 Å². The van der Waals surface area contributed by atoms with E-state index in [0.717, 1.165) is 12.1 Å². The fourth-order valence-electron chi connectivity index (χ4n) is 1.88. The number of aliphatic hydroxyl groups excluding tert-OH is 2. The molecule has 0 bridgehead atoms. The first kappa shape index (κ1) is 21.1. The van der Waals surface area contributed by atoms with Gasteiger partial charge in [-0.3, -0.25) is 4.99 Å². The summed E-state index contributed by atoms with van der Waals surface area (Å²) in [6.07, 6.45) is 0. The van der Waals surface area contributed by atoms with E-state index in [4.69, 9.17) is 5.11 Å². The third-order valence-electron chi connectivity index (χ3n) is 3.22. The fraction of sp³-hybridized carbons (Fsp3) is 0.562. The van der Waals surface area contributed by atoms with E-state index in [1.807, 2.05) is 44.2 Å². The minimum absolute atomic E-state index is 0. The molecule has 0 saturated heterocycles. The zero-order valence-electron chi connectivity index (χ0n) is 13.3. The van der Waals surface area contributed by atoms with Crippen LogP contribution < -0.4 is 10.6 Å². The van der Waals surface area contributed by atoms with Crippen molar-refractivity contribution < 1.29 is 10.2 Å². The molecule has 1 rings (SSSR count). The second-order valence-corrected chi connectivity index (χ2v) is 5.18. The molecular formula is C16H28IN3O2. The van der Waals surface area contributed by atoms with Gasteiger partial charge in [0.15, 0.2) is 5.96 Å². The lowest BCUT2D eigenvalue weighted by molar-refractivity contribution is 0.241. The summed E-state index contributed by atoms with van der Waals surface area (Å²) >= 11 is 0. The van der Waals surface area contributed by atoms with Gasteiger partial charge in [0.2, 0.25) is 0 Å². The van der Waals surface area contributed by atoms with E-state index in [-0.39, 0.29) is 49.0 Å². The summed E-state index contributed by atoms with van der Waals surface area (Å²) in [5.74, 6) is 0.890. The van der Waals surface area contributed by atoms with Gasteiger partial charge in [0.05, 0.1) is 6.61 Å². The van der Waals surface area contributed by atoms with Gasteiger partial charge in [-0.05, 0) is 18.4 Å². The van der Waals surface area contributed by atoms with Crippen LogP contribution >= 0.6 is 24.0 Å². The van der Waals surface area contributed by atoms with Crippen LogP contribution in [0.2, 0.25) is 0 Å². The number of nitrogens with one attached hydrogen (secondary N) is 2. The molecule has 1 aromatic rings. The Bertz CT molecular complexity index is 415. The molecule has 22 heavy (non-hydrogen) atoms. The highest BCUT2D eigenvalue weighted by Gasteiger charge is 2.11. The molecule has 126 valence electrons. The maximum Gasteiger partial charge on any atom is 0.191 e. The molecule has 0 heterocycles. The SMILES string of the molecule is CCNC(=NCC(C)CO)NCC(CO)c1ccccc1.I. The molecule has 0 aliphatic carbocycles. The lowest BCUT2D eigenvalue weighted by Gasteiger charge is -2.18. The standard InChI is InChI=1S/C16H27N3O2.HI/c1-3-17-16(18-9-13(2)11-20)19-10-15(12-21)14-7-5-4-6-8-14;/h4-8,13,15,20-21H,3,9-12H2,1-2H3,(H2,17,18,19);1H. The Morgan fingerprint density at radius 2 is 1.82 bits per heavy atom. The molecule has 0 fully saturated rings. The highest BCUT2D eigenvalue weighted by Crippen LogP contribution is 2.13. The Balaban J connectivity index is 0.00000441. The third-order valence-corrected chi connectivity index (χ3v) is 3.22. The van der Waals surface area contributed by atoms with E-state index in [0.29, 0.717) is 19.0 Å². The van der Waals surface area contributed by atoms with Crippen LogP contribution in [0.15, 0.2) is 35.3 Å². The van der Waals surface area contributed by atoms with Crippen LogP contribution in [0, 0.1) is 5.92 Å². The van der Waals surface area contributed by atoms with Crippen molar-refractivity contribution in [3.63, 3.8) is 0 Å². The van der Waals surface area contributed by atoms with E-state index >= 15 is 0 Å². The van der Waals surface area contributed by atoms with Crippen LogP contribution in [-0.2, 0) is 0 Å². The summed E-state index contributed by atoms with van der Waals surface area (Å²) in [6.45, 7) is 6.13. The largest absolute Gasteiger partial charge is 0.396 e. The maximum atomic E-state index is 9.55. The highest BCUT2D eigenvalue weighted by molar-refractivity contribution is 14.0. The van der Waals surface area contributed by atoms with Crippen LogP contribution in [-0.4, -0.2) is 49.0 Å². The van der Waals surface area contributed by atoms with Crippen LogP contribution in [0.5, 0.6) is 0 Å². The molecule has 0 aliphatic rings. The van der Waals surface area contributed by atoms with Gasteiger partial charge in [-0.1, -0.05) is 37.3 Å². The van der Waals surface area contributed by atoms with Crippen molar-refractivity contribution >= 4 is 29.9 Å². The van der Waals surface area contributed by atoms with Gasteiger partial charge < -0.3 is 20.8 Å². The summed E-state index contributed by atoms with van der Waals surface area (Å²) in [4.78, 5) is 4.44. The van der Waals surface area contributed by atoms with Crippen molar-refractivity contribution in [3.05, 3.63) is 35.9 Å². The van der Waals surface area contributed by atoms with Gasteiger partial charge in [-0.25, -0.2) is 0 Å². The molecule has 5 nitrogen and oxygen atoms in total. The summed E-state index contributed by atoms with van der Waals surface area (Å²) in [5.41, 5.74) is 1.10. The zero-order chi connectivity index (χ0) is 15.5. The summed E-state index contributed by atoms with van der Waals surface area (Å²) in [7, 11) is 0. The quantitative estimate of drug-likeness (QED) is 0.292. The van der Waals surface area contributed by atoms with Gasteiger partial charge >= 0.3 is 0 Å². The van der Waals surface area contributed by atoms with Crippen molar-refractivity contribution in [3.8, 4) is 0 Å². The molecule has 2 unspecified atom stereocenters. The van der Waals surface area contributed by atoms with E-state index in [1.54, 1.807) is 0 Å². The molecule has 0 aromatic heterocycles. The summed E-state index contributed by atoms with van der Waals surface area (Å²) in [6, 6.07) is 9.94. The molecule has 0 radical (unpaired) electrons. The second kappa shape index (κ2) is 12.7. The molecule has 4 N–H and O–H groups in total. The van der Waals surface area contributed by atoms with Crippen LogP contribution in [0.4, 0.5) is 0 Å². The van der Waals surface area contributed by atoms with Gasteiger partial charge in [-0.2, -0.15) is 0 Å². The Labute approximate surface area is 150 Å². The lowest BCUT2D eigenvalue weighted by Crippen LogP contribution is -2.40. The molecule has 1 aromatic carbocycles. The number of halogens is 1. The maximum absolute atomic E-state index is 9.55. The van der Waals surface area contributed by atoms with E-state index < -0.39 is 0 Å². The monoisotopic (exact) mass is 421 g/mol. The Kier molecular flexibility index (Phi) is 12.2. The van der Waals surface area contributed by atoms with E-state index in [9.17, 15) is 5.11 Å². The van der Waals surface area contributed by atoms with Crippen LogP contribution in [0.3, 0.4) is 0 Å². The van der Waals surface area contributed by atoms with Gasteiger partial charge in [0.1, 0.15) is 0 Å².